The predicted octanol–water partition coefficient (Wildman–Crippen LogP) is 2.72. The molecule has 0 radical (unpaired) electrons. The molecule has 0 atom stereocenters. The minimum atomic E-state index is 0.942. The first-order valence-corrected chi connectivity index (χ1v) is 6.00. The molecule has 0 fully saturated rings. The first-order valence-electron chi connectivity index (χ1n) is 6.00. The number of nitrogens with one attached hydrogen (secondary N) is 1. The second-order valence-corrected chi connectivity index (χ2v) is 4.21. The maximum atomic E-state index is 4.01. The predicted molar refractivity (Wildman–Crippen MR) is 70.8 cm³/mol. The Morgan fingerprint density at radius 3 is 2.59 bits per heavy atom. The fourth-order valence-corrected chi connectivity index (χ4v) is 1.81. The van der Waals surface area contributed by atoms with Gasteiger partial charge >= 0.3 is 0 Å². The topological polar surface area (TPSA) is 24.9 Å². The van der Waals surface area contributed by atoms with Crippen molar-refractivity contribution in [3.05, 3.63) is 65.5 Å². The van der Waals surface area contributed by atoms with Gasteiger partial charge in [0.1, 0.15) is 0 Å². The number of hydrogen-bond donors (Lipinski definition) is 1. The number of nitrogens with zero attached hydrogens (tertiary/aromatic N) is 1. The molecule has 0 aliphatic heterocycles. The van der Waals surface area contributed by atoms with E-state index in [1.165, 1.54) is 16.7 Å². The van der Waals surface area contributed by atoms with E-state index in [2.05, 4.69) is 53.6 Å². The number of aromatic nitrogens is 1. The zero-order valence-corrected chi connectivity index (χ0v) is 10.2. The summed E-state index contributed by atoms with van der Waals surface area (Å²) >= 11 is 0. The Morgan fingerprint density at radius 1 is 1.06 bits per heavy atom. The third kappa shape index (κ3) is 3.68. The Morgan fingerprint density at radius 2 is 1.82 bits per heavy atom. The van der Waals surface area contributed by atoms with Gasteiger partial charge in [0, 0.05) is 18.9 Å². The van der Waals surface area contributed by atoms with E-state index < -0.39 is 0 Å². The van der Waals surface area contributed by atoms with Crippen molar-refractivity contribution in [2.24, 2.45) is 0 Å². The summed E-state index contributed by atoms with van der Waals surface area (Å²) in [7, 11) is 0. The van der Waals surface area contributed by atoms with Gasteiger partial charge in [-0.15, -0.1) is 0 Å². The van der Waals surface area contributed by atoms with Gasteiger partial charge in [0.05, 0.1) is 0 Å². The average molecular weight is 226 g/mol. The molecule has 2 aromatic rings. The maximum absolute atomic E-state index is 4.01. The molecule has 1 aromatic heterocycles. The summed E-state index contributed by atoms with van der Waals surface area (Å²) in [6, 6.07) is 12.6. The van der Waals surface area contributed by atoms with Crippen molar-refractivity contribution in [1.29, 1.82) is 0 Å². The second-order valence-electron chi connectivity index (χ2n) is 4.21. The highest BCUT2D eigenvalue weighted by Gasteiger charge is 1.96. The van der Waals surface area contributed by atoms with Crippen LogP contribution in [0, 0.1) is 6.92 Å². The summed E-state index contributed by atoms with van der Waals surface area (Å²) in [5, 5.41) is 3.47. The normalized spacial score (nSPS) is 10.4. The molecular formula is C15H18N2. The van der Waals surface area contributed by atoms with Crippen molar-refractivity contribution in [3.63, 3.8) is 0 Å². The van der Waals surface area contributed by atoms with Crippen LogP contribution < -0.4 is 5.32 Å². The van der Waals surface area contributed by atoms with E-state index in [-0.39, 0.29) is 0 Å². The van der Waals surface area contributed by atoms with Gasteiger partial charge in [-0.1, -0.05) is 24.3 Å². The third-order valence-electron chi connectivity index (χ3n) is 2.92. The molecule has 0 aliphatic rings. The minimum Gasteiger partial charge on any atom is -0.312 e. The quantitative estimate of drug-likeness (QED) is 0.793. The lowest BCUT2D eigenvalue weighted by atomic mass is 10.1. The molecule has 0 amide bonds. The lowest BCUT2D eigenvalue weighted by molar-refractivity contribution is 0.684. The molecule has 0 saturated carbocycles. The monoisotopic (exact) mass is 226 g/mol. The van der Waals surface area contributed by atoms with Crippen molar-refractivity contribution in [2.45, 2.75) is 19.9 Å². The van der Waals surface area contributed by atoms with Gasteiger partial charge in [-0.25, -0.2) is 0 Å². The van der Waals surface area contributed by atoms with E-state index in [4.69, 9.17) is 0 Å². The summed E-state index contributed by atoms with van der Waals surface area (Å²) in [5.41, 5.74) is 4.06. The summed E-state index contributed by atoms with van der Waals surface area (Å²) in [4.78, 5) is 4.01. The van der Waals surface area contributed by atoms with Crippen LogP contribution in [0.3, 0.4) is 0 Å². The van der Waals surface area contributed by atoms with Crippen LogP contribution in [-0.2, 0) is 13.0 Å². The van der Waals surface area contributed by atoms with Gasteiger partial charge in [0.2, 0.25) is 0 Å². The van der Waals surface area contributed by atoms with Gasteiger partial charge in [0.15, 0.2) is 0 Å². The number of rotatable bonds is 5. The third-order valence-corrected chi connectivity index (χ3v) is 2.92. The Kier molecular flexibility index (Phi) is 4.28. The van der Waals surface area contributed by atoms with E-state index in [1.54, 1.807) is 0 Å². The molecule has 2 rings (SSSR count). The Balaban J connectivity index is 1.76. The number of benzene rings is 1. The number of aryl methyl sites for hydroxylation is 1. The highest BCUT2D eigenvalue weighted by Crippen LogP contribution is 2.06. The zero-order valence-electron chi connectivity index (χ0n) is 10.2. The molecule has 17 heavy (non-hydrogen) atoms. The van der Waals surface area contributed by atoms with Gasteiger partial charge in [-0.05, 0) is 48.7 Å². The Bertz CT molecular complexity index is 451. The number of pyridine rings is 1. The van der Waals surface area contributed by atoms with Crippen molar-refractivity contribution < 1.29 is 0 Å². The molecule has 2 heteroatoms. The van der Waals surface area contributed by atoms with Crippen LogP contribution >= 0.6 is 0 Å². The highest BCUT2D eigenvalue weighted by molar-refractivity contribution is 5.25. The van der Waals surface area contributed by atoms with Crippen LogP contribution in [0.25, 0.3) is 0 Å². The van der Waals surface area contributed by atoms with E-state index in [9.17, 15) is 0 Å². The molecule has 0 saturated heterocycles. The van der Waals surface area contributed by atoms with Crippen molar-refractivity contribution >= 4 is 0 Å². The average Bonchev–Trinajstić information content (AvgIpc) is 2.38. The SMILES string of the molecule is Cc1ccccc1CNCCc1ccncc1. The molecule has 1 heterocycles. The van der Waals surface area contributed by atoms with Crippen LogP contribution in [0.5, 0.6) is 0 Å². The van der Waals surface area contributed by atoms with Crippen LogP contribution in [0.15, 0.2) is 48.8 Å². The first kappa shape index (κ1) is 11.8. The van der Waals surface area contributed by atoms with Gasteiger partial charge < -0.3 is 5.32 Å². The van der Waals surface area contributed by atoms with Crippen LogP contribution in [0.4, 0.5) is 0 Å². The summed E-state index contributed by atoms with van der Waals surface area (Å²) in [6.07, 6.45) is 4.74. The second kappa shape index (κ2) is 6.16. The molecule has 0 spiro atoms. The standard InChI is InChI=1S/C15H18N2/c1-13-4-2-3-5-15(13)12-17-11-8-14-6-9-16-10-7-14/h2-7,9-10,17H,8,11-12H2,1H3. The van der Waals surface area contributed by atoms with Crippen LogP contribution in [-0.4, -0.2) is 11.5 Å². The zero-order chi connectivity index (χ0) is 11.9. The smallest absolute Gasteiger partial charge is 0.0270 e. The maximum Gasteiger partial charge on any atom is 0.0270 e. The molecule has 1 aromatic carbocycles. The minimum absolute atomic E-state index is 0.942. The lowest BCUT2D eigenvalue weighted by Gasteiger charge is -2.07. The fourth-order valence-electron chi connectivity index (χ4n) is 1.81. The van der Waals surface area contributed by atoms with Crippen molar-refractivity contribution in [2.75, 3.05) is 6.54 Å². The molecule has 88 valence electrons. The van der Waals surface area contributed by atoms with E-state index in [0.29, 0.717) is 0 Å². The first-order chi connectivity index (χ1) is 8.36. The highest BCUT2D eigenvalue weighted by atomic mass is 14.8. The fraction of sp³-hybridized carbons (Fsp3) is 0.267. The largest absolute Gasteiger partial charge is 0.312 e. The summed E-state index contributed by atoms with van der Waals surface area (Å²) < 4.78 is 0. The number of hydrogen-bond acceptors (Lipinski definition) is 2. The van der Waals surface area contributed by atoms with E-state index >= 15 is 0 Å². The van der Waals surface area contributed by atoms with Gasteiger partial charge in [-0.3, -0.25) is 4.98 Å². The molecule has 0 bridgehead atoms. The molecule has 0 aliphatic carbocycles. The Labute approximate surface area is 103 Å². The molecule has 2 nitrogen and oxygen atoms in total. The summed E-state index contributed by atoms with van der Waals surface area (Å²) in [6.45, 7) is 4.09. The lowest BCUT2D eigenvalue weighted by Crippen LogP contribution is -2.17. The molecule has 1 N–H and O–H groups in total. The van der Waals surface area contributed by atoms with Crippen molar-refractivity contribution in [1.82, 2.24) is 10.3 Å². The van der Waals surface area contributed by atoms with E-state index in [0.717, 1.165) is 19.5 Å². The molecular weight excluding hydrogens is 208 g/mol. The van der Waals surface area contributed by atoms with Crippen LogP contribution in [0.2, 0.25) is 0 Å². The van der Waals surface area contributed by atoms with Crippen LogP contribution in [0.1, 0.15) is 16.7 Å². The van der Waals surface area contributed by atoms with Gasteiger partial charge in [0.25, 0.3) is 0 Å². The summed E-state index contributed by atoms with van der Waals surface area (Å²) in [5.74, 6) is 0. The van der Waals surface area contributed by atoms with Gasteiger partial charge in [-0.2, -0.15) is 0 Å². The Hall–Kier alpha value is -1.67. The molecule has 0 unspecified atom stereocenters. The van der Waals surface area contributed by atoms with Crippen molar-refractivity contribution in [3.8, 4) is 0 Å². The van der Waals surface area contributed by atoms with E-state index in [1.807, 2.05) is 12.4 Å².